The Labute approximate surface area is 818 Å². The van der Waals surface area contributed by atoms with E-state index in [1.807, 2.05) is 48.5 Å². The number of nitrogens with one attached hydrogen (secondary N) is 5. The highest BCUT2D eigenvalue weighted by atomic mass is 16.2. The molecule has 0 radical (unpaired) electrons. The highest BCUT2D eigenvalue weighted by molar-refractivity contribution is 5.81. The summed E-state index contributed by atoms with van der Waals surface area (Å²) in [4.78, 5) is 58.5. The first-order valence-corrected chi connectivity index (χ1v) is 58.4. The second-order valence-electron chi connectivity index (χ2n) is 51.7. The fraction of sp³-hybridized carbons (Fsp3) is 0.959. The van der Waals surface area contributed by atoms with Gasteiger partial charge in [-0.25, -0.2) is 0 Å². The van der Waals surface area contributed by atoms with E-state index in [1.54, 1.807) is 0 Å². The molecule has 15 rings (SSSR count). The van der Waals surface area contributed by atoms with Crippen LogP contribution >= 0.6 is 0 Å². The first-order valence-electron chi connectivity index (χ1n) is 58.4. The number of carbonyl (C=O) groups excluding carboxylic acids is 5. The Bertz CT molecular complexity index is 2350. The minimum absolute atomic E-state index is 0.0832. The van der Waals surface area contributed by atoms with Crippen LogP contribution in [-0.2, 0) is 24.0 Å². The summed E-state index contributed by atoms with van der Waals surface area (Å²) >= 11 is 0. The summed E-state index contributed by atoms with van der Waals surface area (Å²) in [7, 11) is 0. The van der Waals surface area contributed by atoms with Crippen molar-refractivity contribution >= 4 is 29.5 Å². The first-order chi connectivity index (χ1) is 61.9. The van der Waals surface area contributed by atoms with E-state index >= 15 is 0 Å². The van der Waals surface area contributed by atoms with Gasteiger partial charge >= 0.3 is 0 Å². The number of hydrogen-bond acceptors (Lipinski definition) is 5. The van der Waals surface area contributed by atoms with Crippen molar-refractivity contribution in [2.75, 3.05) is 0 Å². The molecule has 15 fully saturated rings. The Balaban J connectivity index is 0.000000368. The first kappa shape index (κ1) is 123. The van der Waals surface area contributed by atoms with Gasteiger partial charge in [-0.1, -0.05) is 351 Å². The lowest BCUT2D eigenvalue weighted by molar-refractivity contribution is -0.128. The largest absolute Gasteiger partial charge is 0.354 e. The molecule has 0 bridgehead atoms. The van der Waals surface area contributed by atoms with Crippen molar-refractivity contribution in [3.63, 3.8) is 0 Å². The predicted molar refractivity (Wildman–Crippen MR) is 571 cm³/mol. The summed E-state index contributed by atoms with van der Waals surface area (Å²) in [6.07, 6.45) is 76.4. The van der Waals surface area contributed by atoms with E-state index in [-0.39, 0.29) is 41.3 Å². The topological polar surface area (TPSA) is 146 Å². The van der Waals surface area contributed by atoms with Crippen LogP contribution < -0.4 is 26.6 Å². The molecular formula is C121H233N5O5. The maximum Gasteiger partial charge on any atom is 0.223 e. The molecule has 5 amide bonds. The Hall–Kier alpha value is -2.65. The average molecular weight is 1840 g/mol. The Morgan fingerprint density at radius 2 is 0.298 bits per heavy atom. The van der Waals surface area contributed by atoms with Gasteiger partial charge in [0.1, 0.15) is 0 Å². The van der Waals surface area contributed by atoms with E-state index in [9.17, 15) is 24.0 Å². The number of rotatable bonds is 9. The van der Waals surface area contributed by atoms with Gasteiger partial charge < -0.3 is 26.6 Å². The van der Waals surface area contributed by atoms with Gasteiger partial charge in [-0.05, 0) is 333 Å². The molecule has 131 heavy (non-hydrogen) atoms. The van der Waals surface area contributed by atoms with Crippen LogP contribution in [0.25, 0.3) is 0 Å². The zero-order chi connectivity index (χ0) is 97.5. The third-order valence-electron chi connectivity index (χ3n) is 34.1. The van der Waals surface area contributed by atoms with Crippen molar-refractivity contribution in [3.8, 4) is 0 Å². The van der Waals surface area contributed by atoms with Crippen LogP contribution in [0.15, 0.2) is 0 Å². The smallest absolute Gasteiger partial charge is 0.223 e. The predicted octanol–water partition coefficient (Wildman–Crippen LogP) is 34.6. The average Bonchev–Trinajstić information content (AvgIpc) is 1.64. The molecule has 0 aliphatic heterocycles. The molecule has 0 heterocycles. The molecule has 0 atom stereocenters. The van der Waals surface area contributed by atoms with Crippen molar-refractivity contribution in [2.45, 2.75) is 590 Å². The number of amides is 5. The molecule has 15 saturated carbocycles. The minimum Gasteiger partial charge on any atom is -0.354 e. The van der Waals surface area contributed by atoms with Gasteiger partial charge in [0.05, 0.1) is 0 Å². The zero-order valence-electron chi connectivity index (χ0n) is 93.2. The summed E-state index contributed by atoms with van der Waals surface area (Å²) in [5, 5.41) is 15.3. The Morgan fingerprint density at radius 3 is 0.412 bits per heavy atom. The van der Waals surface area contributed by atoms with E-state index in [0.717, 1.165) is 188 Å². The molecule has 0 aromatic rings. The van der Waals surface area contributed by atoms with Crippen LogP contribution in [0.5, 0.6) is 0 Å². The van der Waals surface area contributed by atoms with E-state index in [2.05, 4.69) is 172 Å². The maximum absolute atomic E-state index is 11.8. The maximum atomic E-state index is 11.8. The number of hydrogen-bond donors (Lipinski definition) is 5. The normalized spacial score (nSPS) is 35.2. The fourth-order valence-corrected chi connectivity index (χ4v) is 21.7. The lowest BCUT2D eigenvalue weighted by Gasteiger charge is -2.31. The van der Waals surface area contributed by atoms with Crippen LogP contribution in [0, 0.1) is 154 Å². The van der Waals surface area contributed by atoms with Crippen molar-refractivity contribution in [1.82, 2.24) is 26.6 Å². The highest BCUT2D eigenvalue weighted by Crippen LogP contribution is 2.38. The fourth-order valence-electron chi connectivity index (χ4n) is 21.7. The van der Waals surface area contributed by atoms with E-state index in [0.29, 0.717) is 47.6 Å². The van der Waals surface area contributed by atoms with E-state index < -0.39 is 0 Å². The molecular weight excluding hydrogens is 1600 g/mol. The van der Waals surface area contributed by atoms with Crippen molar-refractivity contribution < 1.29 is 24.0 Å². The van der Waals surface area contributed by atoms with E-state index in [1.165, 1.54) is 302 Å². The molecule has 0 unspecified atom stereocenters. The highest BCUT2D eigenvalue weighted by Gasteiger charge is 2.33. The SMILES string of the molecule is CC1CCC(C(=O)NC(C)(C)C)CC1.CC1CCC(C(=O)NC(C)C)CC1.CC1CCC(C(=O)NC(C)C)CC1.CC1CCC(C(=O)NC2CC2)CC1.CC1CCC(C(=O)NC2CCC2)CC1.CC1CCC(C)CC1.CC1CCC(C)CC1.CC1CCC(C)CC1.CC1CCC(C)CC1.CC1CCC(C)CC1.CC1CCC(C)CC1.CC1CCC(C)CC1.CC1CCC(C)CC1. The molecule has 0 aromatic carbocycles. The van der Waals surface area contributed by atoms with Gasteiger partial charge in [0, 0.05) is 59.3 Å². The summed E-state index contributed by atoms with van der Waals surface area (Å²) in [5.74, 6) is 23.4. The molecule has 0 spiro atoms. The van der Waals surface area contributed by atoms with Gasteiger partial charge in [0.25, 0.3) is 0 Å². The lowest BCUT2D eigenvalue weighted by atomic mass is 9.82. The van der Waals surface area contributed by atoms with Crippen LogP contribution in [0.2, 0.25) is 0 Å². The zero-order valence-corrected chi connectivity index (χ0v) is 93.2. The van der Waals surface area contributed by atoms with Crippen LogP contribution in [0.1, 0.15) is 560 Å². The third kappa shape index (κ3) is 63.6. The molecule has 10 heteroatoms. The van der Waals surface area contributed by atoms with Gasteiger partial charge in [0.15, 0.2) is 0 Å². The Kier molecular flexibility index (Phi) is 65.5. The second kappa shape index (κ2) is 70.1. The third-order valence-corrected chi connectivity index (χ3v) is 34.1. The number of carbonyl (C=O) groups is 5. The van der Waals surface area contributed by atoms with Gasteiger partial charge in [-0.15, -0.1) is 0 Å². The summed E-state index contributed by atoms with van der Waals surface area (Å²) in [5.41, 5.74) is -0.0832. The van der Waals surface area contributed by atoms with Crippen LogP contribution in [0.3, 0.4) is 0 Å². The minimum atomic E-state index is -0.0832. The summed E-state index contributed by atoms with van der Waals surface area (Å²) < 4.78 is 0. The van der Waals surface area contributed by atoms with Crippen molar-refractivity contribution in [1.29, 1.82) is 0 Å². The standard InChI is InChI=1S/C12H21NO.C12H23NO.C11H19NO.2C11H21NO.8C8H16/c1-9-5-7-10(8-6-9)12(14)13-11-3-2-4-11;1-9-5-7-10(8-6-9)11(14)13-12(2,3)4;1-8-2-4-9(5-3-8)11(13)12-10-6-7-10;2*1-8(2)12-11(13)10-6-4-9(3)5-7-10;8*1-7-3-5-8(2)6-4-7/h9-11H,2-8H2,1H3,(H,13,14);9-10H,5-8H2,1-4H3,(H,13,14);8-10H,2-7H2,1H3,(H,12,13);2*8-10H,4-7H2,1-3H3,(H,12,13);8*7-8H,3-6H2,1-2H3. The second-order valence-corrected chi connectivity index (χ2v) is 51.7. The monoisotopic (exact) mass is 1840 g/mol. The quantitative estimate of drug-likeness (QED) is 0.156. The van der Waals surface area contributed by atoms with Gasteiger partial charge in [0.2, 0.25) is 29.5 Å². The molecule has 10 nitrogen and oxygen atoms in total. The van der Waals surface area contributed by atoms with Crippen LogP contribution in [0.4, 0.5) is 0 Å². The molecule has 5 N–H and O–H groups in total. The molecule has 772 valence electrons. The van der Waals surface area contributed by atoms with E-state index in [4.69, 9.17) is 0 Å². The molecule has 15 aliphatic rings. The summed E-state index contributed by atoms with van der Waals surface area (Å²) in [6.45, 7) is 63.5. The van der Waals surface area contributed by atoms with Gasteiger partial charge in [-0.3, -0.25) is 24.0 Å². The molecule has 15 aliphatic carbocycles. The summed E-state index contributed by atoms with van der Waals surface area (Å²) in [6, 6.07) is 1.62. The van der Waals surface area contributed by atoms with Crippen LogP contribution in [-0.4, -0.2) is 59.2 Å². The van der Waals surface area contributed by atoms with Gasteiger partial charge in [-0.2, -0.15) is 0 Å². The Morgan fingerprint density at radius 1 is 0.176 bits per heavy atom. The van der Waals surface area contributed by atoms with Crippen molar-refractivity contribution in [3.05, 3.63) is 0 Å². The molecule has 0 saturated heterocycles. The van der Waals surface area contributed by atoms with Crippen molar-refractivity contribution in [2.24, 2.45) is 154 Å². The lowest BCUT2D eigenvalue weighted by Crippen LogP contribution is -2.44. The molecule has 0 aromatic heterocycles.